The molecule has 1 aliphatic heterocycles. The molecule has 2 atom stereocenters. The highest BCUT2D eigenvalue weighted by atomic mass is 16.7. The van der Waals surface area contributed by atoms with Gasteiger partial charge in [-0.3, -0.25) is 0 Å². The normalized spacial score (nSPS) is 37.8. The van der Waals surface area contributed by atoms with E-state index < -0.39 is 0 Å². The highest BCUT2D eigenvalue weighted by molar-refractivity contribution is 4.81. The zero-order valence-corrected chi connectivity index (χ0v) is 10.3. The topological polar surface area (TPSA) is 18.5 Å². The molecule has 1 saturated heterocycles. The average Bonchev–Trinajstić information content (AvgIpc) is 2.16. The molecule has 2 aliphatic rings. The first-order valence-corrected chi connectivity index (χ1v) is 6.40. The van der Waals surface area contributed by atoms with Gasteiger partial charge < -0.3 is 9.47 Å². The average molecular weight is 212 g/mol. The van der Waals surface area contributed by atoms with Crippen molar-refractivity contribution in [2.75, 3.05) is 0 Å². The van der Waals surface area contributed by atoms with Gasteiger partial charge in [-0.15, -0.1) is 0 Å². The molecule has 1 heterocycles. The predicted molar refractivity (Wildman–Crippen MR) is 60.7 cm³/mol. The van der Waals surface area contributed by atoms with Crippen LogP contribution in [-0.2, 0) is 9.47 Å². The van der Waals surface area contributed by atoms with E-state index in [0.717, 1.165) is 6.42 Å². The quantitative estimate of drug-likeness (QED) is 0.662. The van der Waals surface area contributed by atoms with Crippen molar-refractivity contribution >= 4 is 0 Å². The Morgan fingerprint density at radius 2 is 1.73 bits per heavy atom. The fourth-order valence-corrected chi connectivity index (χ4v) is 2.97. The van der Waals surface area contributed by atoms with Gasteiger partial charge in [0.2, 0.25) is 0 Å². The molecular weight excluding hydrogens is 188 g/mol. The smallest absolute Gasteiger partial charge is 0.161 e. The van der Waals surface area contributed by atoms with Crippen LogP contribution in [0.4, 0.5) is 0 Å². The summed E-state index contributed by atoms with van der Waals surface area (Å²) in [5.74, 6) is 0.640. The van der Waals surface area contributed by atoms with E-state index in [4.69, 9.17) is 9.47 Å². The van der Waals surface area contributed by atoms with Crippen molar-refractivity contribution in [2.24, 2.45) is 5.92 Å². The third-order valence-corrected chi connectivity index (χ3v) is 3.62. The molecule has 2 unspecified atom stereocenters. The summed E-state index contributed by atoms with van der Waals surface area (Å²) < 4.78 is 12.0. The van der Waals surface area contributed by atoms with Gasteiger partial charge in [0, 0.05) is 12.3 Å². The monoisotopic (exact) mass is 212 g/mol. The van der Waals surface area contributed by atoms with Crippen molar-refractivity contribution in [2.45, 2.75) is 77.3 Å². The summed E-state index contributed by atoms with van der Waals surface area (Å²) in [5.41, 5.74) is -0.000218. The maximum absolute atomic E-state index is 6.06. The standard InChI is InChI=1S/C13H24O2/c1-10-9-13(2,3)15-12(14-10)11-7-5-4-6-8-11/h10-12H,4-9H2,1-3H3. The summed E-state index contributed by atoms with van der Waals surface area (Å²) >= 11 is 0. The van der Waals surface area contributed by atoms with Gasteiger partial charge in [-0.05, 0) is 33.6 Å². The van der Waals surface area contributed by atoms with Crippen LogP contribution >= 0.6 is 0 Å². The largest absolute Gasteiger partial charge is 0.349 e. The number of rotatable bonds is 1. The summed E-state index contributed by atoms with van der Waals surface area (Å²) in [5, 5.41) is 0. The molecule has 0 amide bonds. The molecule has 0 spiro atoms. The van der Waals surface area contributed by atoms with Gasteiger partial charge in [-0.25, -0.2) is 0 Å². The minimum Gasteiger partial charge on any atom is -0.349 e. The van der Waals surface area contributed by atoms with E-state index in [2.05, 4.69) is 20.8 Å². The van der Waals surface area contributed by atoms with Crippen molar-refractivity contribution in [3.05, 3.63) is 0 Å². The first-order chi connectivity index (χ1) is 7.07. The minimum atomic E-state index is -0.000218. The molecule has 0 aromatic heterocycles. The highest BCUT2D eigenvalue weighted by Crippen LogP contribution is 2.36. The zero-order chi connectivity index (χ0) is 10.9. The van der Waals surface area contributed by atoms with E-state index in [0.29, 0.717) is 12.0 Å². The Morgan fingerprint density at radius 1 is 1.07 bits per heavy atom. The fraction of sp³-hybridized carbons (Fsp3) is 1.00. The van der Waals surface area contributed by atoms with Gasteiger partial charge in [0.05, 0.1) is 11.7 Å². The van der Waals surface area contributed by atoms with Crippen LogP contribution in [0.3, 0.4) is 0 Å². The molecule has 0 N–H and O–H groups in total. The first-order valence-electron chi connectivity index (χ1n) is 6.40. The van der Waals surface area contributed by atoms with Gasteiger partial charge in [0.25, 0.3) is 0 Å². The van der Waals surface area contributed by atoms with Crippen LogP contribution in [0.1, 0.15) is 59.3 Å². The summed E-state index contributed by atoms with van der Waals surface area (Å²) in [4.78, 5) is 0. The Bertz CT molecular complexity index is 207. The van der Waals surface area contributed by atoms with Crippen LogP contribution < -0.4 is 0 Å². The predicted octanol–water partition coefficient (Wildman–Crippen LogP) is 3.50. The Labute approximate surface area is 93.3 Å². The summed E-state index contributed by atoms with van der Waals surface area (Å²) in [6.45, 7) is 6.53. The van der Waals surface area contributed by atoms with E-state index >= 15 is 0 Å². The third-order valence-electron chi connectivity index (χ3n) is 3.62. The van der Waals surface area contributed by atoms with Gasteiger partial charge >= 0.3 is 0 Å². The lowest BCUT2D eigenvalue weighted by atomic mass is 9.87. The molecule has 0 bridgehead atoms. The summed E-state index contributed by atoms with van der Waals surface area (Å²) in [6.07, 6.45) is 8.08. The van der Waals surface area contributed by atoms with Crippen LogP contribution in [-0.4, -0.2) is 18.0 Å². The number of hydrogen-bond acceptors (Lipinski definition) is 2. The maximum Gasteiger partial charge on any atom is 0.161 e. The molecule has 88 valence electrons. The molecule has 2 rings (SSSR count). The van der Waals surface area contributed by atoms with Crippen LogP contribution in [0.5, 0.6) is 0 Å². The summed E-state index contributed by atoms with van der Waals surface area (Å²) in [6, 6.07) is 0. The lowest BCUT2D eigenvalue weighted by molar-refractivity contribution is -0.290. The molecule has 1 aliphatic carbocycles. The zero-order valence-electron chi connectivity index (χ0n) is 10.3. The Kier molecular flexibility index (Phi) is 3.36. The van der Waals surface area contributed by atoms with Gasteiger partial charge in [0.1, 0.15) is 0 Å². The van der Waals surface area contributed by atoms with E-state index in [-0.39, 0.29) is 11.9 Å². The fourth-order valence-electron chi connectivity index (χ4n) is 2.97. The molecule has 0 aromatic rings. The van der Waals surface area contributed by atoms with Crippen LogP contribution in [0.15, 0.2) is 0 Å². The second kappa shape index (κ2) is 4.42. The minimum absolute atomic E-state index is 0.000218. The lowest BCUT2D eigenvalue weighted by Crippen LogP contribution is -2.46. The Hall–Kier alpha value is -0.0800. The molecule has 2 nitrogen and oxygen atoms in total. The van der Waals surface area contributed by atoms with E-state index in [1.54, 1.807) is 0 Å². The number of hydrogen-bond donors (Lipinski definition) is 0. The molecule has 15 heavy (non-hydrogen) atoms. The lowest BCUT2D eigenvalue weighted by Gasteiger charge is -2.43. The molecular formula is C13H24O2. The van der Waals surface area contributed by atoms with Crippen molar-refractivity contribution in [3.63, 3.8) is 0 Å². The van der Waals surface area contributed by atoms with Crippen molar-refractivity contribution in [1.29, 1.82) is 0 Å². The van der Waals surface area contributed by atoms with Crippen molar-refractivity contribution in [1.82, 2.24) is 0 Å². The highest BCUT2D eigenvalue weighted by Gasteiger charge is 2.37. The van der Waals surface area contributed by atoms with Crippen molar-refractivity contribution in [3.8, 4) is 0 Å². The van der Waals surface area contributed by atoms with E-state index in [1.807, 2.05) is 0 Å². The van der Waals surface area contributed by atoms with E-state index in [9.17, 15) is 0 Å². The second-order valence-corrected chi connectivity index (χ2v) is 5.79. The molecule has 0 radical (unpaired) electrons. The molecule has 1 saturated carbocycles. The van der Waals surface area contributed by atoms with Crippen LogP contribution in [0.2, 0.25) is 0 Å². The van der Waals surface area contributed by atoms with Crippen LogP contribution in [0, 0.1) is 5.92 Å². The molecule has 2 heteroatoms. The Balaban J connectivity index is 1.95. The van der Waals surface area contributed by atoms with Crippen LogP contribution in [0.25, 0.3) is 0 Å². The second-order valence-electron chi connectivity index (χ2n) is 5.79. The number of ether oxygens (including phenoxy) is 2. The van der Waals surface area contributed by atoms with Gasteiger partial charge in [0.15, 0.2) is 6.29 Å². The first kappa shape index (κ1) is 11.4. The van der Waals surface area contributed by atoms with Gasteiger partial charge in [-0.1, -0.05) is 19.3 Å². The van der Waals surface area contributed by atoms with Gasteiger partial charge in [-0.2, -0.15) is 0 Å². The molecule has 0 aromatic carbocycles. The van der Waals surface area contributed by atoms with E-state index in [1.165, 1.54) is 32.1 Å². The molecule has 2 fully saturated rings. The maximum atomic E-state index is 6.06. The summed E-state index contributed by atoms with van der Waals surface area (Å²) in [7, 11) is 0. The third kappa shape index (κ3) is 2.94. The SMILES string of the molecule is CC1CC(C)(C)OC(C2CCCCC2)O1. The Morgan fingerprint density at radius 3 is 2.33 bits per heavy atom. The van der Waals surface area contributed by atoms with Crippen molar-refractivity contribution < 1.29 is 9.47 Å².